The van der Waals surface area contributed by atoms with Crippen molar-refractivity contribution in [3.05, 3.63) is 0 Å². The van der Waals surface area contributed by atoms with E-state index in [0.717, 1.165) is 38.5 Å². The Hall–Kier alpha value is -1.06. The summed E-state index contributed by atoms with van der Waals surface area (Å²) in [7, 11) is 0. The third-order valence-corrected chi connectivity index (χ3v) is 7.66. The predicted molar refractivity (Wildman–Crippen MR) is 165 cm³/mol. The van der Waals surface area contributed by atoms with Gasteiger partial charge >= 0.3 is 11.9 Å². The first kappa shape index (κ1) is 39.1. The number of unbranched alkanes of at least 4 members (excludes halogenated alkanes) is 22. The van der Waals surface area contributed by atoms with E-state index in [1.165, 1.54) is 135 Å². The Kier molecular flexibility index (Phi) is 34.9. The Balaban J connectivity index is 0. The van der Waals surface area contributed by atoms with E-state index in [0.29, 0.717) is 6.42 Å². The number of carboxylic acid groups (broad SMARTS) is 2. The maximum atomic E-state index is 11.3. The molecule has 0 radical (unpaired) electrons. The van der Waals surface area contributed by atoms with Crippen molar-refractivity contribution in [2.24, 2.45) is 5.92 Å². The quantitative estimate of drug-likeness (QED) is 0.0925. The summed E-state index contributed by atoms with van der Waals surface area (Å²) in [4.78, 5) is 21.6. The minimum absolute atomic E-state index is 0.0914. The average Bonchev–Trinajstić information content (AvgIpc) is 2.89. The minimum atomic E-state index is -0.657. The molecule has 0 aromatic rings. The molecule has 0 aliphatic rings. The summed E-state index contributed by atoms with van der Waals surface area (Å²) in [6.07, 6.45) is 33.9. The molecule has 0 bridgehead atoms. The van der Waals surface area contributed by atoms with E-state index in [9.17, 15) is 14.7 Å². The lowest BCUT2D eigenvalue weighted by molar-refractivity contribution is -0.142. The lowest BCUT2D eigenvalue weighted by Crippen LogP contribution is -2.13. The highest BCUT2D eigenvalue weighted by molar-refractivity contribution is 5.69. The maximum Gasteiger partial charge on any atom is 0.306 e. The van der Waals surface area contributed by atoms with E-state index >= 15 is 0 Å². The molecule has 0 rings (SSSR count). The molecule has 4 heteroatoms. The van der Waals surface area contributed by atoms with Crippen LogP contribution in [0.25, 0.3) is 0 Å². The summed E-state index contributed by atoms with van der Waals surface area (Å²) in [6.45, 7) is 6.72. The zero-order valence-corrected chi connectivity index (χ0v) is 26.1. The smallest absolute Gasteiger partial charge is 0.306 e. The molecule has 0 aromatic heterocycles. The molecule has 0 spiro atoms. The molecule has 0 heterocycles. The number of aliphatic carboxylic acids is 2. The molecule has 0 aromatic carbocycles. The topological polar surface area (TPSA) is 74.6 Å². The van der Waals surface area contributed by atoms with Crippen LogP contribution < -0.4 is 0 Å². The van der Waals surface area contributed by atoms with Crippen LogP contribution in [0.5, 0.6) is 0 Å². The van der Waals surface area contributed by atoms with Gasteiger partial charge in [0.15, 0.2) is 0 Å². The van der Waals surface area contributed by atoms with E-state index in [-0.39, 0.29) is 5.92 Å². The molecular formula is C34H68O4. The van der Waals surface area contributed by atoms with Crippen LogP contribution in [0, 0.1) is 5.92 Å². The highest BCUT2D eigenvalue weighted by Gasteiger charge is 2.16. The van der Waals surface area contributed by atoms with Gasteiger partial charge in [0.2, 0.25) is 0 Å². The van der Waals surface area contributed by atoms with Crippen molar-refractivity contribution < 1.29 is 19.8 Å². The van der Waals surface area contributed by atoms with E-state index in [4.69, 9.17) is 5.11 Å². The largest absolute Gasteiger partial charge is 0.481 e. The monoisotopic (exact) mass is 541 g/mol. The van der Waals surface area contributed by atoms with E-state index in [1.807, 2.05) is 0 Å². The van der Waals surface area contributed by atoms with Crippen molar-refractivity contribution in [3.63, 3.8) is 0 Å². The molecule has 228 valence electrons. The van der Waals surface area contributed by atoms with Crippen LogP contribution in [-0.4, -0.2) is 22.2 Å². The Morgan fingerprint density at radius 3 is 0.947 bits per heavy atom. The first-order valence-corrected chi connectivity index (χ1v) is 16.9. The van der Waals surface area contributed by atoms with Crippen LogP contribution >= 0.6 is 0 Å². The van der Waals surface area contributed by atoms with Crippen LogP contribution in [0.3, 0.4) is 0 Å². The molecule has 0 saturated carbocycles. The number of rotatable bonds is 29. The molecule has 38 heavy (non-hydrogen) atoms. The van der Waals surface area contributed by atoms with Gasteiger partial charge in [-0.1, -0.05) is 175 Å². The van der Waals surface area contributed by atoms with Crippen LogP contribution in [0.4, 0.5) is 0 Å². The second-order valence-corrected chi connectivity index (χ2v) is 11.5. The van der Waals surface area contributed by atoms with Crippen molar-refractivity contribution in [2.75, 3.05) is 0 Å². The Morgan fingerprint density at radius 1 is 0.421 bits per heavy atom. The maximum absolute atomic E-state index is 11.3. The summed E-state index contributed by atoms with van der Waals surface area (Å²) in [5.41, 5.74) is 0. The first-order valence-electron chi connectivity index (χ1n) is 16.9. The highest BCUT2D eigenvalue weighted by Crippen LogP contribution is 2.19. The van der Waals surface area contributed by atoms with Gasteiger partial charge in [0.25, 0.3) is 0 Å². The predicted octanol–water partition coefficient (Wildman–Crippen LogP) is 11.7. The number of hydrogen-bond acceptors (Lipinski definition) is 2. The fourth-order valence-corrected chi connectivity index (χ4v) is 5.03. The van der Waals surface area contributed by atoms with Crippen LogP contribution in [-0.2, 0) is 9.59 Å². The molecule has 4 nitrogen and oxygen atoms in total. The fourth-order valence-electron chi connectivity index (χ4n) is 5.03. The Morgan fingerprint density at radius 2 is 0.684 bits per heavy atom. The van der Waals surface area contributed by atoms with Gasteiger partial charge in [-0.3, -0.25) is 9.59 Å². The Bertz CT molecular complexity index is 477. The second-order valence-electron chi connectivity index (χ2n) is 11.5. The standard InChI is InChI=1S/C20H40O2.C14H28O2/c1-3-5-7-9-11-12-14-16-18-19(20(21)22)17-15-13-10-8-6-4-2;1-2-3-4-5-6-7-8-9-10-11-12-13-14(15)16/h19H,3-18H2,1-2H3,(H,21,22);2-13H2,1H3,(H,15,16). The van der Waals surface area contributed by atoms with Crippen molar-refractivity contribution in [3.8, 4) is 0 Å². The van der Waals surface area contributed by atoms with Gasteiger partial charge < -0.3 is 10.2 Å². The summed E-state index contributed by atoms with van der Waals surface area (Å²) in [5.74, 6) is -1.32. The second kappa shape index (κ2) is 34.0. The van der Waals surface area contributed by atoms with E-state index in [1.54, 1.807) is 0 Å². The molecule has 0 saturated heterocycles. The third-order valence-electron chi connectivity index (χ3n) is 7.66. The highest BCUT2D eigenvalue weighted by atomic mass is 16.4. The van der Waals surface area contributed by atoms with Crippen LogP contribution in [0.2, 0.25) is 0 Å². The molecule has 0 fully saturated rings. The minimum Gasteiger partial charge on any atom is -0.481 e. The molecule has 0 aliphatic carbocycles. The first-order chi connectivity index (χ1) is 18.5. The van der Waals surface area contributed by atoms with Crippen molar-refractivity contribution in [1.82, 2.24) is 0 Å². The molecule has 0 aliphatic heterocycles. The third kappa shape index (κ3) is 34.9. The van der Waals surface area contributed by atoms with Crippen molar-refractivity contribution >= 4 is 11.9 Å². The average molecular weight is 541 g/mol. The zero-order chi connectivity index (χ0) is 28.5. The van der Waals surface area contributed by atoms with Gasteiger partial charge in [-0.25, -0.2) is 0 Å². The number of carboxylic acids is 2. The van der Waals surface area contributed by atoms with Gasteiger partial charge in [0.05, 0.1) is 5.92 Å². The number of hydrogen-bond donors (Lipinski definition) is 2. The molecule has 1 unspecified atom stereocenters. The van der Waals surface area contributed by atoms with Crippen molar-refractivity contribution in [1.29, 1.82) is 0 Å². The summed E-state index contributed by atoms with van der Waals surface area (Å²) in [6, 6.07) is 0. The fraction of sp³-hybridized carbons (Fsp3) is 0.941. The zero-order valence-electron chi connectivity index (χ0n) is 26.1. The molecule has 1 atom stereocenters. The normalized spacial score (nSPS) is 11.7. The summed E-state index contributed by atoms with van der Waals surface area (Å²) in [5, 5.41) is 17.8. The van der Waals surface area contributed by atoms with Gasteiger partial charge in [-0.15, -0.1) is 0 Å². The van der Waals surface area contributed by atoms with Gasteiger partial charge in [-0.2, -0.15) is 0 Å². The van der Waals surface area contributed by atoms with E-state index < -0.39 is 11.9 Å². The molecule has 2 N–H and O–H groups in total. The van der Waals surface area contributed by atoms with Crippen molar-refractivity contribution in [2.45, 2.75) is 201 Å². The van der Waals surface area contributed by atoms with Crippen LogP contribution in [0.1, 0.15) is 201 Å². The summed E-state index contributed by atoms with van der Waals surface area (Å²) < 4.78 is 0. The summed E-state index contributed by atoms with van der Waals surface area (Å²) >= 11 is 0. The van der Waals surface area contributed by atoms with E-state index in [2.05, 4.69) is 20.8 Å². The number of carbonyl (C=O) groups is 2. The SMILES string of the molecule is CCCCCCCCCCC(CCCCCCCC)C(=O)O.CCCCCCCCCCCCCC(=O)O. The lowest BCUT2D eigenvalue weighted by atomic mass is 9.94. The van der Waals surface area contributed by atoms with Crippen LogP contribution in [0.15, 0.2) is 0 Å². The van der Waals surface area contributed by atoms with Gasteiger partial charge in [0, 0.05) is 6.42 Å². The van der Waals surface area contributed by atoms with Gasteiger partial charge in [0.1, 0.15) is 0 Å². The van der Waals surface area contributed by atoms with Gasteiger partial charge in [-0.05, 0) is 19.3 Å². The molecule has 0 amide bonds. The molecular weight excluding hydrogens is 472 g/mol. The Labute approximate surface area is 238 Å². The lowest BCUT2D eigenvalue weighted by Gasteiger charge is -2.12.